The van der Waals surface area contributed by atoms with Crippen LogP contribution >= 0.6 is 0 Å². The third kappa shape index (κ3) is 3.55. The number of aromatic carboxylic acids is 1. The SMILES string of the molecule is O=C(O)c1cccc2ccccc12.OCCO. The summed E-state index contributed by atoms with van der Waals surface area (Å²) in [6.07, 6.45) is 0. The van der Waals surface area contributed by atoms with Gasteiger partial charge in [-0.1, -0.05) is 36.4 Å². The van der Waals surface area contributed by atoms with Gasteiger partial charge in [-0.3, -0.25) is 0 Å². The second kappa shape index (κ2) is 6.62. The van der Waals surface area contributed by atoms with Gasteiger partial charge in [0, 0.05) is 0 Å². The normalized spacial score (nSPS) is 9.53. The number of carboxylic acid groups (broad SMARTS) is 1. The molecule has 2 aromatic rings. The Bertz CT molecular complexity index is 486. The molecule has 0 bridgehead atoms. The molecule has 17 heavy (non-hydrogen) atoms. The largest absolute Gasteiger partial charge is 0.478 e. The van der Waals surface area contributed by atoms with Crippen LogP contribution in [0.15, 0.2) is 42.5 Å². The van der Waals surface area contributed by atoms with Crippen molar-refractivity contribution in [3.05, 3.63) is 48.0 Å². The van der Waals surface area contributed by atoms with Gasteiger partial charge in [0.25, 0.3) is 0 Å². The molecule has 0 heterocycles. The first-order valence-corrected chi connectivity index (χ1v) is 5.13. The lowest BCUT2D eigenvalue weighted by molar-refractivity contribution is 0.0699. The van der Waals surface area contributed by atoms with Crippen molar-refractivity contribution in [2.45, 2.75) is 0 Å². The van der Waals surface area contributed by atoms with Crippen LogP contribution in [-0.2, 0) is 0 Å². The first-order chi connectivity index (χ1) is 8.20. The van der Waals surface area contributed by atoms with Crippen LogP contribution in [0.2, 0.25) is 0 Å². The molecule has 0 aliphatic rings. The second-order valence-corrected chi connectivity index (χ2v) is 3.28. The highest BCUT2D eigenvalue weighted by atomic mass is 16.4. The summed E-state index contributed by atoms with van der Waals surface area (Å²) in [7, 11) is 0. The van der Waals surface area contributed by atoms with Crippen LogP contribution in [0.25, 0.3) is 10.8 Å². The highest BCUT2D eigenvalue weighted by Crippen LogP contribution is 2.17. The third-order valence-electron chi connectivity index (χ3n) is 2.12. The van der Waals surface area contributed by atoms with Gasteiger partial charge in [-0.15, -0.1) is 0 Å². The quantitative estimate of drug-likeness (QED) is 0.736. The van der Waals surface area contributed by atoms with Crippen LogP contribution in [0.4, 0.5) is 0 Å². The van der Waals surface area contributed by atoms with Gasteiger partial charge in [-0.05, 0) is 16.8 Å². The topological polar surface area (TPSA) is 77.8 Å². The molecule has 4 nitrogen and oxygen atoms in total. The van der Waals surface area contributed by atoms with Gasteiger partial charge in [-0.25, -0.2) is 4.79 Å². The molecule has 3 N–H and O–H groups in total. The van der Waals surface area contributed by atoms with Crippen molar-refractivity contribution in [3.8, 4) is 0 Å². The van der Waals surface area contributed by atoms with Crippen LogP contribution < -0.4 is 0 Å². The van der Waals surface area contributed by atoms with Crippen LogP contribution in [0.1, 0.15) is 10.4 Å². The van der Waals surface area contributed by atoms with E-state index in [2.05, 4.69) is 0 Å². The minimum atomic E-state index is -0.878. The standard InChI is InChI=1S/C11H8O2.C2H6O2/c12-11(13)10-7-3-5-8-4-1-2-6-9(8)10;3-1-2-4/h1-7H,(H,12,13);3-4H,1-2H2. The lowest BCUT2D eigenvalue weighted by Crippen LogP contribution is -1.96. The minimum Gasteiger partial charge on any atom is -0.478 e. The van der Waals surface area contributed by atoms with Crippen molar-refractivity contribution >= 4 is 16.7 Å². The molecule has 90 valence electrons. The number of aliphatic hydroxyl groups is 2. The van der Waals surface area contributed by atoms with Gasteiger partial charge in [0.1, 0.15) is 0 Å². The van der Waals surface area contributed by atoms with Gasteiger partial charge >= 0.3 is 5.97 Å². The van der Waals surface area contributed by atoms with E-state index in [0.29, 0.717) is 5.56 Å². The summed E-state index contributed by atoms with van der Waals surface area (Å²) in [5.74, 6) is -0.878. The lowest BCUT2D eigenvalue weighted by atomic mass is 10.1. The molecule has 0 atom stereocenters. The van der Waals surface area contributed by atoms with Crippen LogP contribution in [-0.4, -0.2) is 34.5 Å². The molecule has 2 rings (SSSR count). The fourth-order valence-electron chi connectivity index (χ4n) is 1.41. The fraction of sp³-hybridized carbons (Fsp3) is 0.154. The monoisotopic (exact) mass is 234 g/mol. The summed E-state index contributed by atoms with van der Waals surface area (Å²) in [6, 6.07) is 12.7. The molecule has 0 spiro atoms. The van der Waals surface area contributed by atoms with E-state index in [1.807, 2.05) is 30.3 Å². The number of hydrogen-bond donors (Lipinski definition) is 3. The van der Waals surface area contributed by atoms with Gasteiger partial charge in [-0.2, -0.15) is 0 Å². The van der Waals surface area contributed by atoms with Gasteiger partial charge < -0.3 is 15.3 Å². The number of carboxylic acids is 1. The van der Waals surface area contributed by atoms with E-state index in [4.69, 9.17) is 15.3 Å². The summed E-state index contributed by atoms with van der Waals surface area (Å²) in [5, 5.41) is 25.9. The molecular weight excluding hydrogens is 220 g/mol. The zero-order chi connectivity index (χ0) is 12.7. The zero-order valence-electron chi connectivity index (χ0n) is 9.21. The molecule has 0 amide bonds. The van der Waals surface area contributed by atoms with Gasteiger partial charge in [0.15, 0.2) is 0 Å². The maximum atomic E-state index is 10.8. The second-order valence-electron chi connectivity index (χ2n) is 3.28. The lowest BCUT2D eigenvalue weighted by Gasteiger charge is -2.00. The number of aliphatic hydroxyl groups excluding tert-OH is 2. The molecule has 0 saturated carbocycles. The number of rotatable bonds is 2. The summed E-state index contributed by atoms with van der Waals surface area (Å²) in [4.78, 5) is 10.8. The van der Waals surface area contributed by atoms with Crippen molar-refractivity contribution in [1.82, 2.24) is 0 Å². The zero-order valence-corrected chi connectivity index (χ0v) is 9.21. The highest BCUT2D eigenvalue weighted by Gasteiger charge is 2.05. The smallest absolute Gasteiger partial charge is 0.336 e. The molecule has 0 fully saturated rings. The number of benzene rings is 2. The predicted octanol–water partition coefficient (Wildman–Crippen LogP) is 1.51. The Morgan fingerprint density at radius 2 is 1.53 bits per heavy atom. The Kier molecular flexibility index (Phi) is 5.13. The maximum absolute atomic E-state index is 10.8. The summed E-state index contributed by atoms with van der Waals surface area (Å²) >= 11 is 0. The molecule has 0 aliphatic heterocycles. The van der Waals surface area contributed by atoms with E-state index in [1.165, 1.54) is 0 Å². The molecule has 0 aliphatic carbocycles. The van der Waals surface area contributed by atoms with Crippen LogP contribution in [0.3, 0.4) is 0 Å². The Morgan fingerprint density at radius 3 is 2.12 bits per heavy atom. The van der Waals surface area contributed by atoms with E-state index >= 15 is 0 Å². The van der Waals surface area contributed by atoms with Crippen molar-refractivity contribution in [3.63, 3.8) is 0 Å². The third-order valence-corrected chi connectivity index (χ3v) is 2.12. The number of fused-ring (bicyclic) bond motifs is 1. The molecule has 0 unspecified atom stereocenters. The van der Waals surface area contributed by atoms with E-state index < -0.39 is 5.97 Å². The molecular formula is C13H14O4. The molecule has 0 saturated heterocycles. The van der Waals surface area contributed by atoms with Crippen LogP contribution in [0, 0.1) is 0 Å². The Hall–Kier alpha value is -1.91. The minimum absolute atomic E-state index is 0.125. The Labute approximate surface area is 98.8 Å². The molecule has 4 heteroatoms. The van der Waals surface area contributed by atoms with Gasteiger partial charge in [0.2, 0.25) is 0 Å². The molecule has 2 aromatic carbocycles. The first-order valence-electron chi connectivity index (χ1n) is 5.13. The van der Waals surface area contributed by atoms with E-state index in [9.17, 15) is 4.79 Å². The van der Waals surface area contributed by atoms with Gasteiger partial charge in [0.05, 0.1) is 18.8 Å². The number of carbonyl (C=O) groups is 1. The average molecular weight is 234 g/mol. The van der Waals surface area contributed by atoms with Crippen molar-refractivity contribution in [2.24, 2.45) is 0 Å². The van der Waals surface area contributed by atoms with Crippen LogP contribution in [0.5, 0.6) is 0 Å². The number of hydrogen-bond acceptors (Lipinski definition) is 3. The highest BCUT2D eigenvalue weighted by molar-refractivity contribution is 6.03. The van der Waals surface area contributed by atoms with E-state index in [0.717, 1.165) is 10.8 Å². The van der Waals surface area contributed by atoms with Crippen molar-refractivity contribution in [1.29, 1.82) is 0 Å². The summed E-state index contributed by atoms with van der Waals surface area (Å²) < 4.78 is 0. The Balaban J connectivity index is 0.000000317. The Morgan fingerprint density at radius 1 is 0.941 bits per heavy atom. The first kappa shape index (κ1) is 13.2. The fourth-order valence-corrected chi connectivity index (χ4v) is 1.41. The van der Waals surface area contributed by atoms with Crippen molar-refractivity contribution in [2.75, 3.05) is 13.2 Å². The van der Waals surface area contributed by atoms with E-state index in [1.54, 1.807) is 12.1 Å². The summed E-state index contributed by atoms with van der Waals surface area (Å²) in [6.45, 7) is -0.250. The average Bonchev–Trinajstić information content (AvgIpc) is 2.38. The van der Waals surface area contributed by atoms with Crippen molar-refractivity contribution < 1.29 is 20.1 Å². The molecule has 0 aromatic heterocycles. The summed E-state index contributed by atoms with van der Waals surface area (Å²) in [5.41, 5.74) is 0.359. The predicted molar refractivity (Wildman–Crippen MR) is 65.1 cm³/mol. The van der Waals surface area contributed by atoms with E-state index in [-0.39, 0.29) is 13.2 Å². The maximum Gasteiger partial charge on any atom is 0.336 e. The molecule has 0 radical (unpaired) electrons.